The average molecular weight is 428 g/mol. The number of nitrogens with one attached hydrogen (secondary N) is 1. The van der Waals surface area contributed by atoms with Gasteiger partial charge in [-0.1, -0.05) is 44.2 Å². The molecule has 0 bridgehead atoms. The van der Waals surface area contributed by atoms with Crippen molar-refractivity contribution in [2.24, 2.45) is 0 Å². The fourth-order valence-electron chi connectivity index (χ4n) is 3.83. The molecule has 0 saturated carbocycles. The molecule has 32 heavy (non-hydrogen) atoms. The molecule has 2 aromatic carbocycles. The second kappa shape index (κ2) is 7.88. The van der Waals surface area contributed by atoms with Gasteiger partial charge in [0, 0.05) is 23.5 Å². The van der Waals surface area contributed by atoms with Crippen LogP contribution in [0.3, 0.4) is 0 Å². The molecule has 0 saturated heterocycles. The van der Waals surface area contributed by atoms with Crippen molar-refractivity contribution >= 4 is 11.2 Å². The Bertz CT molecular complexity index is 1470. The summed E-state index contributed by atoms with van der Waals surface area (Å²) in [5.74, 6) is 0.407. The van der Waals surface area contributed by atoms with Gasteiger partial charge in [0.05, 0.1) is 18.4 Å². The molecule has 160 valence electrons. The van der Waals surface area contributed by atoms with Gasteiger partial charge < -0.3 is 4.98 Å². The number of imidazole rings is 1. The number of rotatable bonds is 5. The quantitative estimate of drug-likeness (QED) is 0.453. The minimum atomic E-state index is -0.418. The maximum absolute atomic E-state index is 14.9. The van der Waals surface area contributed by atoms with Gasteiger partial charge in [-0.05, 0) is 29.7 Å². The molecule has 0 fully saturated rings. The summed E-state index contributed by atoms with van der Waals surface area (Å²) in [5.41, 5.74) is 3.61. The fraction of sp³-hybridized carbons (Fsp3) is 0.167. The minimum absolute atomic E-state index is 0.0480. The first-order valence-electron chi connectivity index (χ1n) is 10.3. The van der Waals surface area contributed by atoms with E-state index in [1.807, 2.05) is 24.3 Å². The molecular formula is C24H21FN6O. The van der Waals surface area contributed by atoms with Gasteiger partial charge in [-0.25, -0.2) is 23.8 Å². The van der Waals surface area contributed by atoms with E-state index in [-0.39, 0.29) is 12.2 Å². The highest BCUT2D eigenvalue weighted by molar-refractivity contribution is 5.73. The fourth-order valence-corrected chi connectivity index (χ4v) is 3.83. The van der Waals surface area contributed by atoms with E-state index in [0.717, 1.165) is 11.1 Å². The molecule has 3 heterocycles. The smallest absolute Gasteiger partial charge is 0.303 e. The van der Waals surface area contributed by atoms with Crippen LogP contribution >= 0.6 is 0 Å². The van der Waals surface area contributed by atoms with Crippen LogP contribution in [0, 0.1) is 5.82 Å². The molecule has 0 aliphatic carbocycles. The normalized spacial score (nSPS) is 11.5. The van der Waals surface area contributed by atoms with Crippen LogP contribution in [-0.4, -0.2) is 29.3 Å². The van der Waals surface area contributed by atoms with Crippen molar-refractivity contribution in [2.45, 2.75) is 26.3 Å². The van der Waals surface area contributed by atoms with Gasteiger partial charge in [0.2, 0.25) is 0 Å². The zero-order valence-electron chi connectivity index (χ0n) is 17.7. The Morgan fingerprint density at radius 3 is 2.72 bits per heavy atom. The molecule has 8 heteroatoms. The molecule has 1 N–H and O–H groups in total. The van der Waals surface area contributed by atoms with Crippen molar-refractivity contribution < 1.29 is 4.39 Å². The molecular weight excluding hydrogens is 407 g/mol. The number of H-pyrrole nitrogens is 1. The van der Waals surface area contributed by atoms with E-state index in [0.29, 0.717) is 34.2 Å². The lowest BCUT2D eigenvalue weighted by molar-refractivity contribution is 0.596. The predicted octanol–water partition coefficient (Wildman–Crippen LogP) is 4.28. The summed E-state index contributed by atoms with van der Waals surface area (Å²) < 4.78 is 17.9. The second-order valence-corrected chi connectivity index (χ2v) is 7.92. The van der Waals surface area contributed by atoms with Gasteiger partial charge in [0.1, 0.15) is 11.3 Å². The Morgan fingerprint density at radius 2 is 1.97 bits per heavy atom. The van der Waals surface area contributed by atoms with Crippen LogP contribution < -0.4 is 5.69 Å². The van der Waals surface area contributed by atoms with E-state index >= 15 is 0 Å². The molecule has 0 aliphatic heterocycles. The standard InChI is InChI=1S/C24H21FN6O/c1-15(2)18-6-3-4-7-19(18)22-26-13-21-23(29-22)30(24(32)28-21)14-16-8-9-17(12-20(16)25)31-11-5-10-27-31/h3-13,15H,14H2,1-2H3,(H,28,32). The van der Waals surface area contributed by atoms with E-state index in [4.69, 9.17) is 0 Å². The van der Waals surface area contributed by atoms with Crippen LogP contribution in [0.2, 0.25) is 0 Å². The van der Waals surface area contributed by atoms with Crippen molar-refractivity contribution in [2.75, 3.05) is 0 Å². The molecule has 0 radical (unpaired) electrons. The highest BCUT2D eigenvalue weighted by atomic mass is 19.1. The molecule has 7 nitrogen and oxygen atoms in total. The van der Waals surface area contributed by atoms with Crippen LogP contribution in [0.25, 0.3) is 28.2 Å². The van der Waals surface area contributed by atoms with E-state index in [9.17, 15) is 9.18 Å². The molecule has 0 aliphatic rings. The van der Waals surface area contributed by atoms with Crippen LogP contribution in [0.4, 0.5) is 4.39 Å². The molecule has 5 rings (SSSR count). The summed E-state index contributed by atoms with van der Waals surface area (Å²) in [6, 6.07) is 14.5. The number of hydrogen-bond acceptors (Lipinski definition) is 4. The van der Waals surface area contributed by atoms with Crippen LogP contribution in [-0.2, 0) is 6.54 Å². The minimum Gasteiger partial charge on any atom is -0.303 e. The topological polar surface area (TPSA) is 81.4 Å². The van der Waals surface area contributed by atoms with Gasteiger partial charge in [-0.15, -0.1) is 0 Å². The SMILES string of the molecule is CC(C)c1ccccc1-c1ncc2[nH]c(=O)n(Cc3ccc(-n4cccn4)cc3F)c2n1. The maximum atomic E-state index is 14.9. The zero-order chi connectivity index (χ0) is 22.2. The number of nitrogens with zero attached hydrogens (tertiary/aromatic N) is 5. The Balaban J connectivity index is 1.56. The monoisotopic (exact) mass is 428 g/mol. The Morgan fingerprint density at radius 1 is 1.12 bits per heavy atom. The zero-order valence-corrected chi connectivity index (χ0v) is 17.7. The highest BCUT2D eigenvalue weighted by Gasteiger charge is 2.16. The van der Waals surface area contributed by atoms with E-state index in [1.54, 1.807) is 41.5 Å². The van der Waals surface area contributed by atoms with Crippen LogP contribution in [0.5, 0.6) is 0 Å². The molecule has 0 unspecified atom stereocenters. The largest absolute Gasteiger partial charge is 0.328 e. The molecule has 0 atom stereocenters. The van der Waals surface area contributed by atoms with E-state index < -0.39 is 5.82 Å². The van der Waals surface area contributed by atoms with E-state index in [2.05, 4.69) is 33.9 Å². The van der Waals surface area contributed by atoms with Crippen molar-refractivity contribution in [3.8, 4) is 17.1 Å². The predicted molar refractivity (Wildman–Crippen MR) is 120 cm³/mol. The summed E-state index contributed by atoms with van der Waals surface area (Å²) in [4.78, 5) is 24.5. The van der Waals surface area contributed by atoms with Gasteiger partial charge in [0.25, 0.3) is 0 Å². The first-order chi connectivity index (χ1) is 15.5. The van der Waals surface area contributed by atoms with Gasteiger partial charge in [-0.2, -0.15) is 5.10 Å². The lowest BCUT2D eigenvalue weighted by Crippen LogP contribution is -2.18. The first-order valence-corrected chi connectivity index (χ1v) is 10.3. The summed E-state index contributed by atoms with van der Waals surface area (Å²) >= 11 is 0. The molecule has 0 spiro atoms. The van der Waals surface area contributed by atoms with Gasteiger partial charge in [-0.3, -0.25) is 4.57 Å². The van der Waals surface area contributed by atoms with Crippen molar-refractivity contribution in [3.63, 3.8) is 0 Å². The number of aromatic nitrogens is 6. The summed E-state index contributed by atoms with van der Waals surface area (Å²) in [7, 11) is 0. The van der Waals surface area contributed by atoms with Crippen LogP contribution in [0.1, 0.15) is 30.9 Å². The number of aromatic amines is 1. The number of halogens is 1. The second-order valence-electron chi connectivity index (χ2n) is 7.92. The summed E-state index contributed by atoms with van der Waals surface area (Å²) in [6.07, 6.45) is 4.97. The lowest BCUT2D eigenvalue weighted by Gasteiger charge is -2.12. The lowest BCUT2D eigenvalue weighted by atomic mass is 9.97. The number of hydrogen-bond donors (Lipinski definition) is 1. The number of fused-ring (bicyclic) bond motifs is 1. The summed E-state index contributed by atoms with van der Waals surface area (Å²) in [5, 5.41) is 4.12. The Labute approximate surface area is 183 Å². The highest BCUT2D eigenvalue weighted by Crippen LogP contribution is 2.27. The summed E-state index contributed by atoms with van der Waals surface area (Å²) in [6.45, 7) is 4.27. The van der Waals surface area contributed by atoms with Crippen molar-refractivity contribution in [1.82, 2.24) is 29.3 Å². The van der Waals surface area contributed by atoms with E-state index in [1.165, 1.54) is 10.6 Å². The average Bonchev–Trinajstić information content (AvgIpc) is 3.43. The van der Waals surface area contributed by atoms with Crippen LogP contribution in [0.15, 0.2) is 71.9 Å². The van der Waals surface area contributed by atoms with Gasteiger partial charge in [0.15, 0.2) is 11.5 Å². The number of benzene rings is 2. The Hall–Kier alpha value is -4.07. The molecule has 5 aromatic rings. The van der Waals surface area contributed by atoms with Crippen molar-refractivity contribution in [1.29, 1.82) is 0 Å². The Kier molecular flexibility index (Phi) is 4.89. The third-order valence-corrected chi connectivity index (χ3v) is 5.47. The molecule has 3 aromatic heterocycles. The molecule has 0 amide bonds. The third-order valence-electron chi connectivity index (χ3n) is 5.47. The van der Waals surface area contributed by atoms with Gasteiger partial charge >= 0.3 is 5.69 Å². The maximum Gasteiger partial charge on any atom is 0.328 e. The third kappa shape index (κ3) is 3.49. The van der Waals surface area contributed by atoms with Crippen molar-refractivity contribution in [3.05, 3.63) is 94.5 Å². The first kappa shape index (κ1) is 19.9.